The number of aliphatic carboxylic acids is 1. The molecule has 0 aliphatic carbocycles. The molecule has 0 spiro atoms. The highest BCUT2D eigenvalue weighted by Crippen LogP contribution is 2.22. The Morgan fingerprint density at radius 3 is 2.88 bits per heavy atom. The Kier molecular flexibility index (Phi) is 3.13. The van der Waals surface area contributed by atoms with Crippen LogP contribution in [-0.2, 0) is 17.6 Å². The van der Waals surface area contributed by atoms with E-state index in [0.717, 1.165) is 28.6 Å². The zero-order valence-corrected chi connectivity index (χ0v) is 10.0. The molecule has 2 aromatic rings. The van der Waals surface area contributed by atoms with Crippen molar-refractivity contribution in [3.8, 4) is 0 Å². The van der Waals surface area contributed by atoms with E-state index < -0.39 is 5.97 Å². The van der Waals surface area contributed by atoms with Gasteiger partial charge in [0.2, 0.25) is 0 Å². The number of hydrogen-bond donors (Lipinski definition) is 2. The number of aromatic amines is 1. The SMILES string of the molecule is CC(C)Cc1[nH]nc2c(CC(=O)O)cccc12. The van der Waals surface area contributed by atoms with Crippen LogP contribution in [-0.4, -0.2) is 21.3 Å². The van der Waals surface area contributed by atoms with Crippen molar-refractivity contribution in [3.05, 3.63) is 29.5 Å². The fraction of sp³-hybridized carbons (Fsp3) is 0.385. The van der Waals surface area contributed by atoms with Gasteiger partial charge in [-0.3, -0.25) is 9.89 Å². The van der Waals surface area contributed by atoms with Crippen molar-refractivity contribution in [1.82, 2.24) is 10.2 Å². The maximum absolute atomic E-state index is 10.8. The Labute approximate surface area is 99.7 Å². The molecule has 1 heterocycles. The van der Waals surface area contributed by atoms with Crippen LogP contribution in [0.25, 0.3) is 10.9 Å². The highest BCUT2D eigenvalue weighted by atomic mass is 16.4. The number of rotatable bonds is 4. The van der Waals surface area contributed by atoms with E-state index in [1.54, 1.807) is 0 Å². The number of carboxylic acids is 1. The quantitative estimate of drug-likeness (QED) is 0.850. The minimum atomic E-state index is -0.828. The predicted molar refractivity (Wildman–Crippen MR) is 66.0 cm³/mol. The molecule has 1 aromatic heterocycles. The van der Waals surface area contributed by atoms with Crippen molar-refractivity contribution in [3.63, 3.8) is 0 Å². The Balaban J connectivity index is 2.45. The third-order valence-electron chi connectivity index (χ3n) is 2.70. The molecular weight excluding hydrogens is 216 g/mol. The number of hydrogen-bond acceptors (Lipinski definition) is 2. The van der Waals surface area contributed by atoms with Crippen LogP contribution in [0.5, 0.6) is 0 Å². The summed E-state index contributed by atoms with van der Waals surface area (Å²) >= 11 is 0. The third-order valence-corrected chi connectivity index (χ3v) is 2.70. The summed E-state index contributed by atoms with van der Waals surface area (Å²) < 4.78 is 0. The maximum atomic E-state index is 10.8. The summed E-state index contributed by atoms with van der Waals surface area (Å²) in [6, 6.07) is 5.69. The van der Waals surface area contributed by atoms with Gasteiger partial charge in [0, 0.05) is 11.1 Å². The normalized spacial score (nSPS) is 11.2. The number of carboxylic acid groups (broad SMARTS) is 1. The standard InChI is InChI=1S/C13H16N2O2/c1-8(2)6-11-10-5-3-4-9(7-12(16)17)13(10)15-14-11/h3-5,8H,6-7H2,1-2H3,(H,14,15)(H,16,17). The Morgan fingerprint density at radius 2 is 2.24 bits per heavy atom. The van der Waals surface area contributed by atoms with E-state index in [0.29, 0.717) is 5.92 Å². The molecule has 4 nitrogen and oxygen atoms in total. The largest absolute Gasteiger partial charge is 0.481 e. The number of nitrogens with one attached hydrogen (secondary N) is 1. The fourth-order valence-electron chi connectivity index (χ4n) is 2.02. The first-order valence-electron chi connectivity index (χ1n) is 5.74. The molecule has 0 saturated heterocycles. The number of carbonyl (C=O) groups is 1. The summed E-state index contributed by atoms with van der Waals surface area (Å²) in [5.74, 6) is -0.285. The fourth-order valence-corrected chi connectivity index (χ4v) is 2.02. The van der Waals surface area contributed by atoms with Crippen LogP contribution in [0.4, 0.5) is 0 Å². The zero-order valence-electron chi connectivity index (χ0n) is 10.0. The number of benzene rings is 1. The van der Waals surface area contributed by atoms with Gasteiger partial charge in [-0.25, -0.2) is 0 Å². The summed E-state index contributed by atoms with van der Waals surface area (Å²) in [6.07, 6.45) is 0.941. The van der Waals surface area contributed by atoms with Crippen LogP contribution < -0.4 is 0 Å². The Hall–Kier alpha value is -1.84. The minimum Gasteiger partial charge on any atom is -0.481 e. The van der Waals surface area contributed by atoms with E-state index in [-0.39, 0.29) is 6.42 Å². The number of aromatic nitrogens is 2. The minimum absolute atomic E-state index is 0.0172. The summed E-state index contributed by atoms with van der Waals surface area (Å²) in [6.45, 7) is 4.29. The van der Waals surface area contributed by atoms with Gasteiger partial charge < -0.3 is 5.11 Å². The van der Waals surface area contributed by atoms with Gasteiger partial charge in [0.25, 0.3) is 0 Å². The van der Waals surface area contributed by atoms with E-state index in [4.69, 9.17) is 5.11 Å². The van der Waals surface area contributed by atoms with Crippen molar-refractivity contribution >= 4 is 16.9 Å². The van der Waals surface area contributed by atoms with Crippen molar-refractivity contribution in [1.29, 1.82) is 0 Å². The topological polar surface area (TPSA) is 66.0 Å². The van der Waals surface area contributed by atoms with E-state index >= 15 is 0 Å². The van der Waals surface area contributed by atoms with Crippen LogP contribution >= 0.6 is 0 Å². The van der Waals surface area contributed by atoms with E-state index in [2.05, 4.69) is 24.0 Å². The maximum Gasteiger partial charge on any atom is 0.307 e. The highest BCUT2D eigenvalue weighted by Gasteiger charge is 2.11. The third kappa shape index (κ3) is 2.46. The van der Waals surface area contributed by atoms with Crippen LogP contribution in [0.15, 0.2) is 18.2 Å². The zero-order chi connectivity index (χ0) is 12.4. The van der Waals surface area contributed by atoms with Crippen molar-refractivity contribution in [2.75, 3.05) is 0 Å². The van der Waals surface area contributed by atoms with Crippen LogP contribution in [0, 0.1) is 5.92 Å². The number of para-hydroxylation sites is 1. The predicted octanol–water partition coefficient (Wildman–Crippen LogP) is 2.39. The van der Waals surface area contributed by atoms with E-state index in [1.807, 2.05) is 18.2 Å². The molecule has 17 heavy (non-hydrogen) atoms. The monoisotopic (exact) mass is 232 g/mol. The average molecular weight is 232 g/mol. The lowest BCUT2D eigenvalue weighted by molar-refractivity contribution is -0.136. The van der Waals surface area contributed by atoms with Gasteiger partial charge in [0.1, 0.15) is 0 Å². The lowest BCUT2D eigenvalue weighted by Gasteiger charge is -2.02. The van der Waals surface area contributed by atoms with Crippen molar-refractivity contribution < 1.29 is 9.90 Å². The second-order valence-electron chi connectivity index (χ2n) is 4.68. The summed E-state index contributed by atoms with van der Waals surface area (Å²) in [5.41, 5.74) is 2.63. The molecule has 4 heteroatoms. The summed E-state index contributed by atoms with van der Waals surface area (Å²) in [5, 5.41) is 17.1. The Morgan fingerprint density at radius 1 is 1.47 bits per heavy atom. The molecule has 0 atom stereocenters. The first-order valence-corrected chi connectivity index (χ1v) is 5.74. The molecule has 90 valence electrons. The summed E-state index contributed by atoms with van der Waals surface area (Å²) in [4.78, 5) is 10.8. The lowest BCUT2D eigenvalue weighted by Crippen LogP contribution is -2.00. The van der Waals surface area contributed by atoms with Crippen LogP contribution in [0.3, 0.4) is 0 Å². The first kappa shape index (κ1) is 11.6. The summed E-state index contributed by atoms with van der Waals surface area (Å²) in [7, 11) is 0. The molecule has 1 aromatic carbocycles. The molecule has 0 bridgehead atoms. The molecular formula is C13H16N2O2. The number of fused-ring (bicyclic) bond motifs is 1. The van der Waals surface area contributed by atoms with E-state index in [1.165, 1.54) is 0 Å². The smallest absolute Gasteiger partial charge is 0.307 e. The van der Waals surface area contributed by atoms with Gasteiger partial charge in [-0.1, -0.05) is 32.0 Å². The van der Waals surface area contributed by atoms with Gasteiger partial charge in [-0.15, -0.1) is 0 Å². The molecule has 2 rings (SSSR count). The first-order chi connectivity index (χ1) is 8.08. The van der Waals surface area contributed by atoms with Gasteiger partial charge in [0.15, 0.2) is 0 Å². The molecule has 0 unspecified atom stereocenters. The molecule has 0 aliphatic rings. The van der Waals surface area contributed by atoms with Gasteiger partial charge in [-0.2, -0.15) is 5.10 Å². The molecule has 0 fully saturated rings. The molecule has 0 radical (unpaired) electrons. The van der Waals surface area contributed by atoms with Gasteiger partial charge >= 0.3 is 5.97 Å². The average Bonchev–Trinajstić information content (AvgIpc) is 2.61. The number of H-pyrrole nitrogens is 1. The lowest BCUT2D eigenvalue weighted by atomic mass is 10.0. The second-order valence-corrected chi connectivity index (χ2v) is 4.68. The highest BCUT2D eigenvalue weighted by molar-refractivity contribution is 5.87. The molecule has 0 saturated carbocycles. The Bertz CT molecular complexity index is 543. The second kappa shape index (κ2) is 4.57. The van der Waals surface area contributed by atoms with Gasteiger partial charge in [0.05, 0.1) is 11.9 Å². The van der Waals surface area contributed by atoms with Crippen molar-refractivity contribution in [2.24, 2.45) is 5.92 Å². The van der Waals surface area contributed by atoms with Crippen molar-refractivity contribution in [2.45, 2.75) is 26.7 Å². The molecule has 0 amide bonds. The van der Waals surface area contributed by atoms with Crippen LogP contribution in [0.2, 0.25) is 0 Å². The molecule has 2 N–H and O–H groups in total. The van der Waals surface area contributed by atoms with Gasteiger partial charge in [-0.05, 0) is 17.9 Å². The molecule has 0 aliphatic heterocycles. The van der Waals surface area contributed by atoms with Crippen LogP contribution in [0.1, 0.15) is 25.1 Å². The van der Waals surface area contributed by atoms with E-state index in [9.17, 15) is 4.79 Å². The number of nitrogens with zero attached hydrogens (tertiary/aromatic N) is 1.